The lowest BCUT2D eigenvalue weighted by Crippen LogP contribution is -2.03. The lowest BCUT2D eigenvalue weighted by molar-refractivity contribution is -0.137. The summed E-state index contributed by atoms with van der Waals surface area (Å²) in [6.07, 6.45) is -2.31. The van der Waals surface area contributed by atoms with Crippen LogP contribution in [-0.4, -0.2) is 6.26 Å². The van der Waals surface area contributed by atoms with Crippen LogP contribution in [0.1, 0.15) is 5.56 Å². The van der Waals surface area contributed by atoms with Gasteiger partial charge in [-0.2, -0.15) is 13.2 Å². The van der Waals surface area contributed by atoms with Gasteiger partial charge in [0.1, 0.15) is 0 Å². The highest BCUT2D eigenvalue weighted by molar-refractivity contribution is 7.98. The average Bonchev–Trinajstić information content (AvgIpc) is 2.38. The molecule has 0 atom stereocenters. The van der Waals surface area contributed by atoms with Crippen molar-refractivity contribution in [2.45, 2.75) is 11.1 Å². The molecule has 0 bridgehead atoms. The lowest BCUT2D eigenvalue weighted by Gasteiger charge is -2.08. The van der Waals surface area contributed by atoms with Crippen LogP contribution in [0.15, 0.2) is 53.4 Å². The molecule has 0 N–H and O–H groups in total. The first-order valence-electron chi connectivity index (χ1n) is 5.32. The Kier molecular flexibility index (Phi) is 3.66. The smallest absolute Gasteiger partial charge is 0.166 e. The molecular formula is C14H11F3S. The molecule has 0 spiro atoms. The molecule has 0 aromatic heterocycles. The van der Waals surface area contributed by atoms with Gasteiger partial charge in [-0.15, -0.1) is 11.8 Å². The summed E-state index contributed by atoms with van der Waals surface area (Å²) in [5.41, 5.74) is 1.10. The fourth-order valence-electron chi connectivity index (χ4n) is 1.65. The summed E-state index contributed by atoms with van der Waals surface area (Å²) >= 11 is 1.61. The Morgan fingerprint density at radius 2 is 1.56 bits per heavy atom. The fourth-order valence-corrected chi connectivity index (χ4v) is 2.11. The van der Waals surface area contributed by atoms with Crippen LogP contribution in [-0.2, 0) is 6.18 Å². The van der Waals surface area contributed by atoms with Crippen LogP contribution in [0, 0.1) is 0 Å². The molecule has 0 fully saturated rings. The third-order valence-electron chi connectivity index (χ3n) is 2.62. The number of hydrogen-bond acceptors (Lipinski definition) is 1. The Bertz CT molecular complexity index is 529. The number of hydrogen-bond donors (Lipinski definition) is 0. The maximum Gasteiger partial charge on any atom is 0.416 e. The second-order valence-electron chi connectivity index (χ2n) is 3.81. The van der Waals surface area contributed by atoms with Crippen LogP contribution in [0.25, 0.3) is 11.1 Å². The highest BCUT2D eigenvalue weighted by Gasteiger charge is 2.29. The van der Waals surface area contributed by atoms with Crippen molar-refractivity contribution in [1.82, 2.24) is 0 Å². The molecule has 94 valence electrons. The Balaban J connectivity index is 2.34. The minimum absolute atomic E-state index is 0.618. The van der Waals surface area contributed by atoms with Crippen LogP contribution in [0.5, 0.6) is 0 Å². The summed E-state index contributed by atoms with van der Waals surface area (Å²) in [4.78, 5) is 1.09. The van der Waals surface area contributed by atoms with Crippen molar-refractivity contribution in [1.29, 1.82) is 0 Å². The standard InChI is InChI=1S/C14H11F3S/c1-18-13-4-2-3-11(9-13)10-5-7-12(8-6-10)14(15,16)17/h2-9H,1H3. The summed E-state index contributed by atoms with van der Waals surface area (Å²) in [5, 5.41) is 0. The van der Waals surface area contributed by atoms with E-state index >= 15 is 0 Å². The molecule has 0 saturated heterocycles. The normalized spacial score (nSPS) is 11.6. The van der Waals surface area contributed by atoms with E-state index < -0.39 is 11.7 Å². The second-order valence-corrected chi connectivity index (χ2v) is 4.69. The summed E-state index contributed by atoms with van der Waals surface area (Å²) in [7, 11) is 0. The monoisotopic (exact) mass is 268 g/mol. The molecule has 0 saturated carbocycles. The fraction of sp³-hybridized carbons (Fsp3) is 0.143. The minimum Gasteiger partial charge on any atom is -0.166 e. The SMILES string of the molecule is CSc1cccc(-c2ccc(C(F)(F)F)cc2)c1. The van der Waals surface area contributed by atoms with Crippen LogP contribution < -0.4 is 0 Å². The zero-order valence-corrected chi connectivity index (χ0v) is 10.5. The highest BCUT2D eigenvalue weighted by atomic mass is 32.2. The molecule has 2 aromatic rings. The molecule has 0 nitrogen and oxygen atoms in total. The van der Waals surface area contributed by atoms with Crippen molar-refractivity contribution < 1.29 is 13.2 Å². The Labute approximate surface area is 108 Å². The number of alkyl halides is 3. The molecule has 0 unspecified atom stereocenters. The predicted octanol–water partition coefficient (Wildman–Crippen LogP) is 5.09. The topological polar surface area (TPSA) is 0 Å². The molecule has 0 aliphatic carbocycles. The maximum absolute atomic E-state index is 12.4. The average molecular weight is 268 g/mol. The summed E-state index contributed by atoms with van der Waals surface area (Å²) in [5.74, 6) is 0. The van der Waals surface area contributed by atoms with Gasteiger partial charge in [0, 0.05) is 4.90 Å². The zero-order valence-electron chi connectivity index (χ0n) is 9.66. The molecule has 0 heterocycles. The number of benzene rings is 2. The molecule has 0 aliphatic heterocycles. The van der Waals surface area contributed by atoms with Gasteiger partial charge in [-0.1, -0.05) is 24.3 Å². The molecule has 0 radical (unpaired) electrons. The van der Waals surface area contributed by atoms with Crippen molar-refractivity contribution in [3.05, 3.63) is 54.1 Å². The van der Waals surface area contributed by atoms with Gasteiger partial charge in [0.25, 0.3) is 0 Å². The van der Waals surface area contributed by atoms with Gasteiger partial charge in [0.05, 0.1) is 5.56 Å². The first-order valence-corrected chi connectivity index (χ1v) is 6.55. The summed E-state index contributed by atoms with van der Waals surface area (Å²) in [6, 6.07) is 13.0. The quantitative estimate of drug-likeness (QED) is 0.683. The predicted molar refractivity (Wildman–Crippen MR) is 68.7 cm³/mol. The van der Waals surface area contributed by atoms with Crippen LogP contribution >= 0.6 is 11.8 Å². The third kappa shape index (κ3) is 2.88. The van der Waals surface area contributed by atoms with Gasteiger partial charge in [0.15, 0.2) is 0 Å². The van der Waals surface area contributed by atoms with E-state index in [1.807, 2.05) is 30.5 Å². The van der Waals surface area contributed by atoms with Crippen LogP contribution in [0.2, 0.25) is 0 Å². The van der Waals surface area contributed by atoms with E-state index in [9.17, 15) is 13.2 Å². The van der Waals surface area contributed by atoms with Crippen molar-refractivity contribution in [2.75, 3.05) is 6.26 Å². The first kappa shape index (κ1) is 13.0. The molecule has 18 heavy (non-hydrogen) atoms. The van der Waals surface area contributed by atoms with Crippen molar-refractivity contribution in [3.63, 3.8) is 0 Å². The van der Waals surface area contributed by atoms with E-state index in [-0.39, 0.29) is 0 Å². The zero-order chi connectivity index (χ0) is 13.2. The van der Waals surface area contributed by atoms with Gasteiger partial charge < -0.3 is 0 Å². The van der Waals surface area contributed by atoms with Crippen molar-refractivity contribution >= 4 is 11.8 Å². The molecule has 0 amide bonds. The highest BCUT2D eigenvalue weighted by Crippen LogP contribution is 2.31. The van der Waals surface area contributed by atoms with Crippen LogP contribution in [0.3, 0.4) is 0 Å². The van der Waals surface area contributed by atoms with Crippen molar-refractivity contribution in [3.8, 4) is 11.1 Å². The minimum atomic E-state index is -4.28. The lowest BCUT2D eigenvalue weighted by atomic mass is 10.0. The molecule has 2 rings (SSSR count). The van der Waals surface area contributed by atoms with E-state index in [0.29, 0.717) is 0 Å². The summed E-state index contributed by atoms with van der Waals surface area (Å²) < 4.78 is 37.3. The number of halogens is 3. The number of rotatable bonds is 2. The van der Waals surface area contributed by atoms with Gasteiger partial charge >= 0.3 is 6.18 Å². The molecule has 0 aliphatic rings. The van der Waals surface area contributed by atoms with Gasteiger partial charge in [-0.25, -0.2) is 0 Å². The van der Waals surface area contributed by atoms with Crippen molar-refractivity contribution in [2.24, 2.45) is 0 Å². The Morgan fingerprint density at radius 1 is 0.889 bits per heavy atom. The van der Waals surface area contributed by atoms with E-state index in [4.69, 9.17) is 0 Å². The maximum atomic E-state index is 12.4. The van der Waals surface area contributed by atoms with Crippen LogP contribution in [0.4, 0.5) is 13.2 Å². The first-order chi connectivity index (χ1) is 8.50. The largest absolute Gasteiger partial charge is 0.416 e. The van der Waals surface area contributed by atoms with E-state index in [1.54, 1.807) is 11.8 Å². The third-order valence-corrected chi connectivity index (χ3v) is 3.34. The van der Waals surface area contributed by atoms with E-state index in [2.05, 4.69) is 0 Å². The Morgan fingerprint density at radius 3 is 2.11 bits per heavy atom. The second kappa shape index (κ2) is 5.06. The van der Waals surface area contributed by atoms with Gasteiger partial charge in [-0.05, 0) is 41.6 Å². The number of thioether (sulfide) groups is 1. The molecule has 2 aromatic carbocycles. The molecule has 4 heteroatoms. The van der Waals surface area contributed by atoms with E-state index in [0.717, 1.165) is 28.2 Å². The Hall–Kier alpha value is -1.42. The summed E-state index contributed by atoms with van der Waals surface area (Å²) in [6.45, 7) is 0. The molecular weight excluding hydrogens is 257 g/mol. The van der Waals surface area contributed by atoms with Gasteiger partial charge in [0.2, 0.25) is 0 Å². The van der Waals surface area contributed by atoms with E-state index in [1.165, 1.54) is 12.1 Å². The van der Waals surface area contributed by atoms with Gasteiger partial charge in [-0.3, -0.25) is 0 Å².